The lowest BCUT2D eigenvalue weighted by Crippen LogP contribution is -2.64. The summed E-state index contributed by atoms with van der Waals surface area (Å²) in [4.78, 5) is 22.2. The molecule has 7 heteroatoms. The summed E-state index contributed by atoms with van der Waals surface area (Å²) < 4.78 is 27.1. The number of nitrogens with zero attached hydrogens (tertiary/aromatic N) is 3. The Morgan fingerprint density at radius 3 is 2.79 bits per heavy atom. The van der Waals surface area contributed by atoms with Crippen LogP contribution in [-0.2, 0) is 11.3 Å². The fourth-order valence-corrected chi connectivity index (χ4v) is 6.66. The average Bonchev–Trinajstić information content (AvgIpc) is 2.83. The number of anilines is 1. The van der Waals surface area contributed by atoms with Crippen molar-refractivity contribution in [3.63, 3.8) is 0 Å². The molecule has 3 saturated heterocycles. The zero-order chi connectivity index (χ0) is 23.5. The number of hydrogen-bond acceptors (Lipinski definition) is 4. The lowest BCUT2D eigenvalue weighted by atomic mass is 9.69. The fourth-order valence-electron chi connectivity index (χ4n) is 6.66. The maximum absolute atomic E-state index is 13.9. The minimum Gasteiger partial charge on any atom is -0.324 e. The number of pyridine rings is 1. The van der Waals surface area contributed by atoms with Gasteiger partial charge in [-0.25, -0.2) is 8.78 Å². The van der Waals surface area contributed by atoms with E-state index in [9.17, 15) is 13.6 Å². The third-order valence-corrected chi connectivity index (χ3v) is 8.00. The number of nitrogens with one attached hydrogen (secondary N) is 1. The van der Waals surface area contributed by atoms with Crippen molar-refractivity contribution in [3.05, 3.63) is 59.9 Å². The van der Waals surface area contributed by atoms with Crippen molar-refractivity contribution in [3.8, 4) is 0 Å². The molecule has 3 fully saturated rings. The number of carbonyl (C=O) groups excluding carboxylic acids is 1. The lowest BCUT2D eigenvalue weighted by molar-refractivity contribution is -0.116. The van der Waals surface area contributed by atoms with E-state index in [1.165, 1.54) is 50.4 Å². The highest BCUT2D eigenvalue weighted by atomic mass is 19.1. The molecule has 1 N–H and O–H groups in total. The average molecular weight is 469 g/mol. The number of aromatic nitrogens is 1. The first-order valence-corrected chi connectivity index (χ1v) is 12.7. The zero-order valence-electron chi connectivity index (χ0n) is 19.6. The number of amides is 1. The number of piperidine rings is 3. The van der Waals surface area contributed by atoms with Gasteiger partial charge in [-0.15, -0.1) is 0 Å². The highest BCUT2D eigenvalue weighted by Gasteiger charge is 2.48. The first-order chi connectivity index (χ1) is 16.6. The summed E-state index contributed by atoms with van der Waals surface area (Å²) in [5, 5.41) is 2.60. The first-order valence-electron chi connectivity index (χ1n) is 12.7. The molecule has 2 aromatic rings. The van der Waals surface area contributed by atoms with Gasteiger partial charge in [0.15, 0.2) is 0 Å². The molecule has 1 aromatic heterocycles. The van der Waals surface area contributed by atoms with Gasteiger partial charge in [0.2, 0.25) is 5.91 Å². The SMILES string of the molecule is O=C(CCC[C@@H]1[C@H]2CCCN3CCC[C@@H](CN1Cc1cccnc1)[C@@H]23)Nc1ccc(F)cc1F. The van der Waals surface area contributed by atoms with Crippen LogP contribution >= 0.6 is 0 Å². The summed E-state index contributed by atoms with van der Waals surface area (Å²) in [5.41, 5.74) is 1.27. The minimum absolute atomic E-state index is 0.0373. The molecule has 5 rings (SSSR count). The van der Waals surface area contributed by atoms with Crippen LogP contribution in [0.2, 0.25) is 0 Å². The first kappa shape index (κ1) is 23.4. The number of carbonyl (C=O) groups is 1. The van der Waals surface area contributed by atoms with Crippen LogP contribution < -0.4 is 5.32 Å². The van der Waals surface area contributed by atoms with Crippen molar-refractivity contribution in [1.82, 2.24) is 14.8 Å². The molecule has 1 amide bonds. The zero-order valence-corrected chi connectivity index (χ0v) is 19.6. The second-order valence-corrected chi connectivity index (χ2v) is 10.2. The van der Waals surface area contributed by atoms with Gasteiger partial charge in [0, 0.05) is 50.1 Å². The minimum atomic E-state index is -0.742. The number of benzene rings is 1. The van der Waals surface area contributed by atoms with Gasteiger partial charge in [-0.1, -0.05) is 6.07 Å². The van der Waals surface area contributed by atoms with Gasteiger partial charge in [-0.05, 0) is 87.2 Å². The van der Waals surface area contributed by atoms with Crippen molar-refractivity contribution in [1.29, 1.82) is 0 Å². The van der Waals surface area contributed by atoms with Crippen LogP contribution in [0.4, 0.5) is 14.5 Å². The molecule has 4 atom stereocenters. The van der Waals surface area contributed by atoms with Crippen LogP contribution in [0.1, 0.15) is 50.5 Å². The van der Waals surface area contributed by atoms with E-state index < -0.39 is 11.6 Å². The monoisotopic (exact) mass is 468 g/mol. The molecule has 0 bridgehead atoms. The topological polar surface area (TPSA) is 48.5 Å². The van der Waals surface area contributed by atoms with Crippen LogP contribution in [0.15, 0.2) is 42.7 Å². The Kier molecular flexibility index (Phi) is 7.21. The van der Waals surface area contributed by atoms with Crippen LogP contribution in [0.5, 0.6) is 0 Å². The quantitative estimate of drug-likeness (QED) is 0.632. The van der Waals surface area contributed by atoms with Crippen LogP contribution in [0.3, 0.4) is 0 Å². The van der Waals surface area contributed by atoms with Crippen LogP contribution in [-0.4, -0.2) is 52.4 Å². The second-order valence-electron chi connectivity index (χ2n) is 10.2. The molecule has 4 heterocycles. The number of halogens is 2. The summed E-state index contributed by atoms with van der Waals surface area (Å²) in [6.07, 6.45) is 10.9. The molecule has 0 radical (unpaired) electrons. The van der Waals surface area contributed by atoms with Crippen molar-refractivity contribution in [2.45, 2.75) is 63.6 Å². The molecule has 3 aliphatic heterocycles. The Morgan fingerprint density at radius 2 is 2.00 bits per heavy atom. The molecule has 0 saturated carbocycles. The van der Waals surface area contributed by atoms with E-state index in [0.717, 1.165) is 44.0 Å². The molecule has 0 spiro atoms. The molecule has 5 nitrogen and oxygen atoms in total. The standard InChI is InChI=1S/C27H34F2N4O/c28-21-10-11-24(23(29)15-21)31-26(34)9-1-8-25-22-7-4-14-32-13-3-6-20(27(22)32)18-33(25)17-19-5-2-12-30-16-19/h2,5,10-12,15-16,20,22,25,27H,1,3-4,6-9,13-14,17-18H2,(H,31,34)/t20-,22+,25+,27-/m0/s1. The molecule has 0 unspecified atom stereocenters. The molecular weight excluding hydrogens is 434 g/mol. The summed E-state index contributed by atoms with van der Waals surface area (Å²) >= 11 is 0. The van der Waals surface area contributed by atoms with Crippen molar-refractivity contribution < 1.29 is 13.6 Å². The molecular formula is C27H34F2N4O. The van der Waals surface area contributed by atoms with Crippen molar-refractivity contribution >= 4 is 11.6 Å². The van der Waals surface area contributed by atoms with Crippen molar-refractivity contribution in [2.24, 2.45) is 11.8 Å². The Hall–Kier alpha value is -2.38. The number of likely N-dealkylation sites (tertiary alicyclic amines) is 1. The van der Waals surface area contributed by atoms with Gasteiger partial charge in [0.25, 0.3) is 0 Å². The highest BCUT2D eigenvalue weighted by molar-refractivity contribution is 5.90. The molecule has 3 aliphatic rings. The normalized spacial score (nSPS) is 27.2. The number of hydrogen-bond donors (Lipinski definition) is 1. The Balaban J connectivity index is 1.26. The Labute approximate surface area is 200 Å². The Bertz CT molecular complexity index is 986. The third-order valence-electron chi connectivity index (χ3n) is 8.00. The molecule has 0 aliphatic carbocycles. The maximum atomic E-state index is 13.9. The largest absolute Gasteiger partial charge is 0.324 e. The highest BCUT2D eigenvalue weighted by Crippen LogP contribution is 2.43. The van der Waals surface area contributed by atoms with E-state index in [1.54, 1.807) is 0 Å². The van der Waals surface area contributed by atoms with Gasteiger partial charge >= 0.3 is 0 Å². The van der Waals surface area contributed by atoms with Gasteiger partial charge in [0.05, 0.1) is 5.69 Å². The van der Waals surface area contributed by atoms with E-state index in [-0.39, 0.29) is 11.6 Å². The van der Waals surface area contributed by atoms with E-state index in [4.69, 9.17) is 0 Å². The summed E-state index contributed by atoms with van der Waals surface area (Å²) in [7, 11) is 0. The molecule has 1 aromatic carbocycles. The molecule has 182 valence electrons. The van der Waals surface area contributed by atoms with E-state index >= 15 is 0 Å². The van der Waals surface area contributed by atoms with Gasteiger partial charge in [-0.3, -0.25) is 19.6 Å². The predicted octanol–water partition coefficient (Wildman–Crippen LogP) is 4.84. The smallest absolute Gasteiger partial charge is 0.224 e. The van der Waals surface area contributed by atoms with E-state index in [2.05, 4.69) is 26.2 Å². The second kappa shape index (κ2) is 10.5. The molecule has 34 heavy (non-hydrogen) atoms. The third kappa shape index (κ3) is 5.15. The number of rotatable bonds is 7. The van der Waals surface area contributed by atoms with Gasteiger partial charge < -0.3 is 5.32 Å². The predicted molar refractivity (Wildman–Crippen MR) is 128 cm³/mol. The lowest BCUT2D eigenvalue weighted by Gasteiger charge is -2.57. The van der Waals surface area contributed by atoms with Gasteiger partial charge in [0.1, 0.15) is 11.6 Å². The summed E-state index contributed by atoms with van der Waals surface area (Å²) in [5.74, 6) is -0.266. The van der Waals surface area contributed by atoms with Crippen LogP contribution in [0.25, 0.3) is 0 Å². The maximum Gasteiger partial charge on any atom is 0.224 e. The van der Waals surface area contributed by atoms with E-state index in [1.807, 2.05) is 18.5 Å². The summed E-state index contributed by atoms with van der Waals surface area (Å²) in [6, 6.07) is 8.47. The Morgan fingerprint density at radius 1 is 1.15 bits per heavy atom. The van der Waals surface area contributed by atoms with Gasteiger partial charge in [-0.2, -0.15) is 0 Å². The fraction of sp³-hybridized carbons (Fsp3) is 0.556. The van der Waals surface area contributed by atoms with Crippen molar-refractivity contribution in [2.75, 3.05) is 25.0 Å². The summed E-state index contributed by atoms with van der Waals surface area (Å²) in [6.45, 7) is 4.44. The van der Waals surface area contributed by atoms with Crippen LogP contribution in [0, 0.1) is 23.5 Å². The van der Waals surface area contributed by atoms with E-state index in [0.29, 0.717) is 24.4 Å².